The van der Waals surface area contributed by atoms with Gasteiger partial charge in [-0.1, -0.05) is 32.4 Å². The van der Waals surface area contributed by atoms with Crippen molar-refractivity contribution in [3.63, 3.8) is 0 Å². The number of hydrogen-bond acceptors (Lipinski definition) is 4. The van der Waals surface area contributed by atoms with E-state index in [0.29, 0.717) is 27.5 Å². The highest BCUT2D eigenvalue weighted by Crippen LogP contribution is 2.38. The minimum atomic E-state index is -0.425. The van der Waals surface area contributed by atoms with Crippen LogP contribution in [0.25, 0.3) is 0 Å². The van der Waals surface area contributed by atoms with Crippen LogP contribution in [0.2, 0.25) is 5.02 Å². The minimum absolute atomic E-state index is 0.151. The molecule has 3 rings (SSSR count). The highest BCUT2D eigenvalue weighted by molar-refractivity contribution is 7.14. The lowest BCUT2D eigenvalue weighted by atomic mass is 9.70. The van der Waals surface area contributed by atoms with E-state index in [0.717, 1.165) is 12.8 Å². The number of nitrogens with one attached hydrogen (secondary N) is 3. The van der Waals surface area contributed by atoms with Crippen LogP contribution in [0.4, 0.5) is 15.6 Å². The molecule has 0 saturated heterocycles. The highest BCUT2D eigenvalue weighted by Gasteiger charge is 2.33. The first-order valence-electron chi connectivity index (χ1n) is 9.30. The standard InChI is InChI=1S/C20H25ClN4O2S/c1-12-8-15(10-20(2,3)9-12)22-17(26)16-11-28-19(24-16)25-18(27)23-14-6-4-13(21)5-7-14/h4-7,11-12,15H,8-10H2,1-3H3,(H,22,26)(H2,23,24,25,27)/t12-,15-/m0/s1. The summed E-state index contributed by atoms with van der Waals surface area (Å²) in [6.45, 7) is 6.71. The quantitative estimate of drug-likeness (QED) is 0.620. The lowest BCUT2D eigenvalue weighted by molar-refractivity contribution is 0.0870. The van der Waals surface area contributed by atoms with Crippen LogP contribution in [0.5, 0.6) is 0 Å². The van der Waals surface area contributed by atoms with Crippen LogP contribution >= 0.6 is 22.9 Å². The third-order valence-electron chi connectivity index (χ3n) is 4.78. The maximum atomic E-state index is 12.5. The van der Waals surface area contributed by atoms with E-state index in [9.17, 15) is 9.59 Å². The summed E-state index contributed by atoms with van der Waals surface area (Å²) in [5.74, 6) is 0.385. The van der Waals surface area contributed by atoms with Crippen molar-refractivity contribution in [2.75, 3.05) is 10.6 Å². The third kappa shape index (κ3) is 5.69. The van der Waals surface area contributed by atoms with Gasteiger partial charge < -0.3 is 10.6 Å². The second-order valence-electron chi connectivity index (χ2n) is 8.21. The molecule has 2 aromatic rings. The summed E-state index contributed by atoms with van der Waals surface area (Å²) in [4.78, 5) is 28.9. The van der Waals surface area contributed by atoms with Gasteiger partial charge in [0.25, 0.3) is 5.91 Å². The second kappa shape index (κ2) is 8.49. The number of amides is 3. The Kier molecular flexibility index (Phi) is 6.25. The van der Waals surface area contributed by atoms with Gasteiger partial charge in [0, 0.05) is 22.1 Å². The Morgan fingerprint density at radius 3 is 2.57 bits per heavy atom. The van der Waals surface area contributed by atoms with E-state index in [-0.39, 0.29) is 17.4 Å². The Morgan fingerprint density at radius 1 is 1.18 bits per heavy atom. The van der Waals surface area contributed by atoms with Crippen molar-refractivity contribution in [1.29, 1.82) is 0 Å². The van der Waals surface area contributed by atoms with Crippen molar-refractivity contribution >= 4 is 45.7 Å². The first-order valence-corrected chi connectivity index (χ1v) is 10.6. The van der Waals surface area contributed by atoms with Crippen molar-refractivity contribution in [3.05, 3.63) is 40.4 Å². The normalized spacial score (nSPS) is 21.0. The molecule has 1 heterocycles. The summed E-state index contributed by atoms with van der Waals surface area (Å²) in [6.07, 6.45) is 3.11. The lowest BCUT2D eigenvalue weighted by Gasteiger charge is -2.39. The Morgan fingerprint density at radius 2 is 1.89 bits per heavy atom. The Balaban J connectivity index is 1.55. The fourth-order valence-corrected chi connectivity index (χ4v) is 4.76. The zero-order valence-electron chi connectivity index (χ0n) is 16.2. The number of hydrogen-bond donors (Lipinski definition) is 3. The van der Waals surface area contributed by atoms with Gasteiger partial charge in [0.05, 0.1) is 0 Å². The molecular formula is C20H25ClN4O2S. The molecule has 6 nitrogen and oxygen atoms in total. The van der Waals surface area contributed by atoms with Crippen LogP contribution in [-0.2, 0) is 0 Å². The van der Waals surface area contributed by atoms with Gasteiger partial charge >= 0.3 is 6.03 Å². The summed E-state index contributed by atoms with van der Waals surface area (Å²) in [5.41, 5.74) is 1.16. The van der Waals surface area contributed by atoms with Gasteiger partial charge in [-0.05, 0) is 54.9 Å². The fourth-order valence-electron chi connectivity index (χ4n) is 3.94. The number of thiazole rings is 1. The van der Waals surface area contributed by atoms with Gasteiger partial charge in [-0.3, -0.25) is 10.1 Å². The predicted octanol–water partition coefficient (Wildman–Crippen LogP) is 5.39. The Bertz CT molecular complexity index is 850. The molecule has 3 amide bonds. The van der Waals surface area contributed by atoms with E-state index in [4.69, 9.17) is 11.6 Å². The Labute approximate surface area is 174 Å². The number of urea groups is 1. The van der Waals surface area contributed by atoms with E-state index in [2.05, 4.69) is 41.7 Å². The molecule has 0 bridgehead atoms. The van der Waals surface area contributed by atoms with E-state index in [1.165, 1.54) is 17.8 Å². The third-order valence-corrected chi connectivity index (χ3v) is 5.79. The maximum absolute atomic E-state index is 12.5. The predicted molar refractivity (Wildman–Crippen MR) is 114 cm³/mol. The van der Waals surface area contributed by atoms with E-state index < -0.39 is 6.03 Å². The highest BCUT2D eigenvalue weighted by atomic mass is 35.5. The zero-order valence-corrected chi connectivity index (χ0v) is 17.8. The molecule has 1 aliphatic rings. The van der Waals surface area contributed by atoms with Gasteiger partial charge in [0.15, 0.2) is 5.13 Å². The van der Waals surface area contributed by atoms with E-state index in [1.54, 1.807) is 29.6 Å². The van der Waals surface area contributed by atoms with Crippen LogP contribution in [0.3, 0.4) is 0 Å². The molecule has 8 heteroatoms. The SMILES string of the molecule is C[C@H]1C[C@H](NC(=O)c2csc(NC(=O)Nc3ccc(Cl)cc3)n2)CC(C)(C)C1. The van der Waals surface area contributed by atoms with Crippen molar-refractivity contribution in [2.24, 2.45) is 11.3 Å². The van der Waals surface area contributed by atoms with E-state index in [1.807, 2.05) is 0 Å². The Hall–Kier alpha value is -2.12. The molecule has 2 atom stereocenters. The number of nitrogens with zero attached hydrogens (tertiary/aromatic N) is 1. The molecule has 1 aromatic heterocycles. The molecule has 1 aromatic carbocycles. The summed E-state index contributed by atoms with van der Waals surface area (Å²) in [7, 11) is 0. The van der Waals surface area contributed by atoms with Gasteiger partial charge in [0.2, 0.25) is 0 Å². The second-order valence-corrected chi connectivity index (χ2v) is 9.50. The number of halogens is 1. The number of aromatic nitrogens is 1. The molecule has 1 aliphatic carbocycles. The molecule has 150 valence electrons. The van der Waals surface area contributed by atoms with Crippen LogP contribution < -0.4 is 16.0 Å². The summed E-state index contributed by atoms with van der Waals surface area (Å²) in [5, 5.41) is 11.1. The molecule has 0 radical (unpaired) electrons. The molecular weight excluding hydrogens is 396 g/mol. The summed E-state index contributed by atoms with van der Waals surface area (Å²) in [6, 6.07) is 6.52. The molecule has 0 spiro atoms. The monoisotopic (exact) mass is 420 g/mol. The molecule has 28 heavy (non-hydrogen) atoms. The van der Waals surface area contributed by atoms with Gasteiger partial charge in [0.1, 0.15) is 5.69 Å². The molecule has 1 saturated carbocycles. The zero-order chi connectivity index (χ0) is 20.3. The van der Waals surface area contributed by atoms with Crippen LogP contribution in [0, 0.1) is 11.3 Å². The number of carbonyl (C=O) groups is 2. The molecule has 3 N–H and O–H groups in total. The van der Waals surface area contributed by atoms with Crippen molar-refractivity contribution < 1.29 is 9.59 Å². The molecule has 1 fully saturated rings. The smallest absolute Gasteiger partial charge is 0.325 e. The largest absolute Gasteiger partial charge is 0.348 e. The first kappa shape index (κ1) is 20.6. The summed E-state index contributed by atoms with van der Waals surface area (Å²) < 4.78 is 0. The average Bonchev–Trinajstić information content (AvgIpc) is 3.03. The van der Waals surface area contributed by atoms with Crippen molar-refractivity contribution in [1.82, 2.24) is 10.3 Å². The molecule has 0 unspecified atom stereocenters. The topological polar surface area (TPSA) is 83.1 Å². The summed E-state index contributed by atoms with van der Waals surface area (Å²) >= 11 is 7.05. The lowest BCUT2D eigenvalue weighted by Crippen LogP contribution is -2.43. The van der Waals surface area contributed by atoms with Gasteiger partial charge in [-0.2, -0.15) is 0 Å². The van der Waals surface area contributed by atoms with Gasteiger partial charge in [-0.25, -0.2) is 9.78 Å². The fraction of sp³-hybridized carbons (Fsp3) is 0.450. The van der Waals surface area contributed by atoms with E-state index >= 15 is 0 Å². The van der Waals surface area contributed by atoms with Crippen molar-refractivity contribution in [3.8, 4) is 0 Å². The average molecular weight is 421 g/mol. The van der Waals surface area contributed by atoms with Crippen LogP contribution in [0.1, 0.15) is 50.5 Å². The number of anilines is 2. The maximum Gasteiger partial charge on any atom is 0.325 e. The number of rotatable bonds is 4. The number of benzene rings is 1. The van der Waals surface area contributed by atoms with Crippen LogP contribution in [-0.4, -0.2) is 23.0 Å². The van der Waals surface area contributed by atoms with Gasteiger partial charge in [-0.15, -0.1) is 11.3 Å². The molecule has 0 aliphatic heterocycles. The first-order chi connectivity index (χ1) is 13.2. The minimum Gasteiger partial charge on any atom is -0.348 e. The van der Waals surface area contributed by atoms with Crippen LogP contribution in [0.15, 0.2) is 29.6 Å². The van der Waals surface area contributed by atoms with Crippen molar-refractivity contribution in [2.45, 2.75) is 46.1 Å². The number of carbonyl (C=O) groups excluding carboxylic acids is 2.